The Kier molecular flexibility index (Phi) is 3.53. The molecule has 1 aliphatic heterocycles. The molecule has 1 unspecified atom stereocenters. The molecule has 3 aliphatic rings. The van der Waals surface area contributed by atoms with E-state index in [1.807, 2.05) is 0 Å². The smallest absolute Gasteiger partial charge is 0.0449 e. The van der Waals surface area contributed by atoms with Crippen LogP contribution >= 0.6 is 0 Å². The zero-order chi connectivity index (χ0) is 13.4. The average Bonchev–Trinajstić information content (AvgIpc) is 3.36. The second-order valence-electron chi connectivity index (χ2n) is 6.93. The quantitative estimate of drug-likeness (QED) is 0.904. The molecule has 2 heteroatoms. The summed E-state index contributed by atoms with van der Waals surface area (Å²) in [5.74, 6) is 2.05. The van der Waals surface area contributed by atoms with E-state index in [0.717, 1.165) is 24.4 Å². The van der Waals surface area contributed by atoms with Crippen molar-refractivity contribution in [3.63, 3.8) is 0 Å². The van der Waals surface area contributed by atoms with Crippen molar-refractivity contribution in [2.45, 2.75) is 44.2 Å². The molecule has 2 saturated carbocycles. The van der Waals surface area contributed by atoms with Gasteiger partial charge in [0.2, 0.25) is 0 Å². The largest absolute Gasteiger partial charge is 0.309 e. The predicted octanol–water partition coefficient (Wildman–Crippen LogP) is 3.21. The van der Waals surface area contributed by atoms with Crippen molar-refractivity contribution >= 4 is 0 Å². The zero-order valence-electron chi connectivity index (χ0n) is 12.3. The SMILES string of the molecule is c1ccc(C2CN(C(C3CC3)C3CC3)CCCN2)cc1. The number of hydrogen-bond donors (Lipinski definition) is 1. The molecule has 0 radical (unpaired) electrons. The van der Waals surface area contributed by atoms with Crippen LogP contribution in [-0.4, -0.2) is 30.6 Å². The van der Waals surface area contributed by atoms with Gasteiger partial charge in [-0.2, -0.15) is 0 Å². The van der Waals surface area contributed by atoms with Crippen LogP contribution < -0.4 is 5.32 Å². The number of nitrogens with zero attached hydrogens (tertiary/aromatic N) is 1. The second-order valence-corrected chi connectivity index (χ2v) is 6.93. The lowest BCUT2D eigenvalue weighted by atomic mass is 10.0. The first kappa shape index (κ1) is 12.8. The highest BCUT2D eigenvalue weighted by atomic mass is 15.2. The summed E-state index contributed by atoms with van der Waals surface area (Å²) >= 11 is 0. The van der Waals surface area contributed by atoms with Crippen LogP contribution in [0.5, 0.6) is 0 Å². The molecule has 1 atom stereocenters. The molecule has 1 N–H and O–H groups in total. The van der Waals surface area contributed by atoms with Gasteiger partial charge in [-0.15, -0.1) is 0 Å². The van der Waals surface area contributed by atoms with Crippen molar-refractivity contribution in [1.82, 2.24) is 10.2 Å². The van der Waals surface area contributed by atoms with Crippen LogP contribution in [0.25, 0.3) is 0 Å². The molecule has 1 saturated heterocycles. The van der Waals surface area contributed by atoms with Crippen LogP contribution in [0.1, 0.15) is 43.7 Å². The van der Waals surface area contributed by atoms with Crippen molar-refractivity contribution < 1.29 is 0 Å². The topological polar surface area (TPSA) is 15.3 Å². The Morgan fingerprint density at radius 2 is 1.70 bits per heavy atom. The van der Waals surface area contributed by atoms with Crippen molar-refractivity contribution in [3.05, 3.63) is 35.9 Å². The first-order valence-corrected chi connectivity index (χ1v) is 8.44. The fourth-order valence-corrected chi connectivity index (χ4v) is 3.98. The van der Waals surface area contributed by atoms with Crippen LogP contribution in [0.4, 0.5) is 0 Å². The molecule has 2 aliphatic carbocycles. The first-order valence-electron chi connectivity index (χ1n) is 8.44. The molecule has 0 spiro atoms. The van der Waals surface area contributed by atoms with Crippen molar-refractivity contribution in [2.75, 3.05) is 19.6 Å². The lowest BCUT2D eigenvalue weighted by molar-refractivity contribution is 0.153. The van der Waals surface area contributed by atoms with E-state index in [4.69, 9.17) is 0 Å². The zero-order valence-corrected chi connectivity index (χ0v) is 12.3. The lowest BCUT2D eigenvalue weighted by Crippen LogP contribution is -2.41. The van der Waals surface area contributed by atoms with Crippen LogP contribution in [0.15, 0.2) is 30.3 Å². The van der Waals surface area contributed by atoms with Gasteiger partial charge in [0.15, 0.2) is 0 Å². The molecule has 4 rings (SSSR count). The van der Waals surface area contributed by atoms with E-state index in [0.29, 0.717) is 6.04 Å². The molecular formula is C18H26N2. The number of nitrogens with one attached hydrogen (secondary N) is 1. The summed E-state index contributed by atoms with van der Waals surface area (Å²) < 4.78 is 0. The van der Waals surface area contributed by atoms with E-state index in [1.165, 1.54) is 50.8 Å². The van der Waals surface area contributed by atoms with Crippen LogP contribution in [0.3, 0.4) is 0 Å². The standard InChI is InChI=1S/C18H26N2/c1-2-5-14(6-3-1)17-13-20(12-4-11-19-17)18(15-7-8-15)16-9-10-16/h1-3,5-6,15-19H,4,7-13H2. The Morgan fingerprint density at radius 3 is 2.35 bits per heavy atom. The van der Waals surface area contributed by atoms with Gasteiger partial charge in [-0.25, -0.2) is 0 Å². The second kappa shape index (κ2) is 5.50. The molecule has 0 amide bonds. The monoisotopic (exact) mass is 270 g/mol. The van der Waals surface area contributed by atoms with Crippen molar-refractivity contribution in [2.24, 2.45) is 11.8 Å². The van der Waals surface area contributed by atoms with Gasteiger partial charge in [-0.05, 0) is 62.6 Å². The van der Waals surface area contributed by atoms with E-state index in [1.54, 1.807) is 0 Å². The molecule has 3 fully saturated rings. The van der Waals surface area contributed by atoms with E-state index in [2.05, 4.69) is 40.5 Å². The van der Waals surface area contributed by atoms with E-state index in [-0.39, 0.29) is 0 Å². The first-order chi connectivity index (χ1) is 9.92. The van der Waals surface area contributed by atoms with E-state index < -0.39 is 0 Å². The molecular weight excluding hydrogens is 244 g/mol. The number of rotatable bonds is 4. The molecule has 2 nitrogen and oxygen atoms in total. The number of hydrogen-bond acceptors (Lipinski definition) is 2. The van der Waals surface area contributed by atoms with Gasteiger partial charge in [0.1, 0.15) is 0 Å². The Bertz CT molecular complexity index is 424. The fourth-order valence-electron chi connectivity index (χ4n) is 3.98. The van der Waals surface area contributed by atoms with Crippen LogP contribution in [0.2, 0.25) is 0 Å². The minimum atomic E-state index is 0.527. The summed E-state index contributed by atoms with van der Waals surface area (Å²) in [6, 6.07) is 12.5. The number of benzene rings is 1. The maximum absolute atomic E-state index is 3.76. The summed E-state index contributed by atoms with van der Waals surface area (Å²) in [5, 5.41) is 3.76. The third-order valence-electron chi connectivity index (χ3n) is 5.26. The van der Waals surface area contributed by atoms with Crippen molar-refractivity contribution in [1.29, 1.82) is 0 Å². The summed E-state index contributed by atoms with van der Waals surface area (Å²) in [4.78, 5) is 2.84. The molecule has 0 aromatic heterocycles. The highest BCUT2D eigenvalue weighted by Crippen LogP contribution is 2.47. The Morgan fingerprint density at radius 1 is 1.00 bits per heavy atom. The molecule has 20 heavy (non-hydrogen) atoms. The van der Waals surface area contributed by atoms with Gasteiger partial charge in [-0.1, -0.05) is 30.3 Å². The molecule has 1 heterocycles. The summed E-state index contributed by atoms with van der Waals surface area (Å²) in [5.41, 5.74) is 1.46. The van der Waals surface area contributed by atoms with Gasteiger partial charge in [0.05, 0.1) is 0 Å². The predicted molar refractivity (Wildman–Crippen MR) is 82.6 cm³/mol. The van der Waals surface area contributed by atoms with E-state index in [9.17, 15) is 0 Å². The maximum Gasteiger partial charge on any atom is 0.0449 e. The third-order valence-corrected chi connectivity index (χ3v) is 5.26. The Labute approximate surface area is 122 Å². The van der Waals surface area contributed by atoms with Gasteiger partial charge in [-0.3, -0.25) is 4.90 Å². The molecule has 1 aromatic rings. The molecule has 108 valence electrons. The van der Waals surface area contributed by atoms with Crippen molar-refractivity contribution in [3.8, 4) is 0 Å². The molecule has 0 bridgehead atoms. The van der Waals surface area contributed by atoms with Crippen LogP contribution in [-0.2, 0) is 0 Å². The minimum absolute atomic E-state index is 0.527. The van der Waals surface area contributed by atoms with E-state index >= 15 is 0 Å². The van der Waals surface area contributed by atoms with Gasteiger partial charge in [0, 0.05) is 18.6 Å². The van der Waals surface area contributed by atoms with Gasteiger partial charge in [0.25, 0.3) is 0 Å². The Hall–Kier alpha value is -0.860. The summed E-state index contributed by atoms with van der Waals surface area (Å²) in [6.45, 7) is 3.67. The Balaban J connectivity index is 1.51. The average molecular weight is 270 g/mol. The fraction of sp³-hybridized carbons (Fsp3) is 0.667. The normalized spacial score (nSPS) is 28.6. The highest BCUT2D eigenvalue weighted by Gasteiger charge is 2.45. The highest BCUT2D eigenvalue weighted by molar-refractivity contribution is 5.19. The van der Waals surface area contributed by atoms with Gasteiger partial charge >= 0.3 is 0 Å². The lowest BCUT2D eigenvalue weighted by Gasteiger charge is -2.33. The van der Waals surface area contributed by atoms with Gasteiger partial charge < -0.3 is 5.32 Å². The summed E-state index contributed by atoms with van der Waals surface area (Å²) in [7, 11) is 0. The van der Waals surface area contributed by atoms with Crippen LogP contribution in [0, 0.1) is 11.8 Å². The minimum Gasteiger partial charge on any atom is -0.309 e. The maximum atomic E-state index is 3.76. The third kappa shape index (κ3) is 2.77. The summed E-state index contributed by atoms with van der Waals surface area (Å²) in [6.07, 6.45) is 7.25. The molecule has 1 aromatic carbocycles.